The van der Waals surface area contributed by atoms with Crippen molar-refractivity contribution in [2.75, 3.05) is 54.1 Å². The lowest BCUT2D eigenvalue weighted by atomic mass is 10.1. The molecule has 0 aromatic heterocycles. The van der Waals surface area contributed by atoms with Crippen molar-refractivity contribution < 1.29 is 37.3 Å². The van der Waals surface area contributed by atoms with E-state index in [2.05, 4.69) is 50.3 Å². The van der Waals surface area contributed by atoms with Gasteiger partial charge in [0.2, 0.25) is 0 Å². The van der Waals surface area contributed by atoms with Gasteiger partial charge in [-0.05, 0) is 70.6 Å². The van der Waals surface area contributed by atoms with Crippen molar-refractivity contribution in [1.29, 1.82) is 0 Å². The van der Waals surface area contributed by atoms with Crippen molar-refractivity contribution in [2.45, 2.75) is 225 Å². The van der Waals surface area contributed by atoms with Crippen LogP contribution in [0.15, 0.2) is 36.5 Å². The Kier molecular flexibility index (Phi) is 42.4. The van der Waals surface area contributed by atoms with Gasteiger partial charge in [0.15, 0.2) is 0 Å². The minimum absolute atomic E-state index is 0.0232. The van der Waals surface area contributed by atoms with Crippen LogP contribution in [0.1, 0.15) is 219 Å². The molecule has 0 amide bonds. The van der Waals surface area contributed by atoms with Gasteiger partial charge in [-0.15, -0.1) is 0 Å². The lowest BCUT2D eigenvalue weighted by molar-refractivity contribution is -0.870. The standard InChI is InChI=1S/C50H96NO7P/c1-6-8-10-12-14-16-18-20-22-23-24-25-26-27-28-30-32-34-36-38-40-42-45-55-47-49(48-57-59(53,54)56-46-44-51(3,4)5)58-50(52)43-41-39-37-35-33-31-29-21-19-17-15-13-11-9-7-2/h15,17,21,23-24,29,49H,6-14,16,18-20,22,25-28,30-48H2,1-5H3/b17-15-,24-23-,29-21-. The van der Waals surface area contributed by atoms with Gasteiger partial charge >= 0.3 is 5.97 Å². The fraction of sp³-hybridized carbons (Fsp3) is 0.860. The van der Waals surface area contributed by atoms with E-state index in [4.69, 9.17) is 18.5 Å². The van der Waals surface area contributed by atoms with Crippen LogP contribution in [0.3, 0.4) is 0 Å². The van der Waals surface area contributed by atoms with Gasteiger partial charge in [0.25, 0.3) is 7.82 Å². The number of carbonyl (C=O) groups excluding carboxylic acids is 1. The van der Waals surface area contributed by atoms with Gasteiger partial charge in [0, 0.05) is 13.0 Å². The normalized spacial score (nSPS) is 13.9. The number of allylic oxidation sites excluding steroid dienone is 6. The summed E-state index contributed by atoms with van der Waals surface area (Å²) in [4.78, 5) is 25.1. The van der Waals surface area contributed by atoms with E-state index in [-0.39, 0.29) is 25.8 Å². The van der Waals surface area contributed by atoms with E-state index in [1.165, 1.54) is 141 Å². The fourth-order valence-electron chi connectivity index (χ4n) is 6.81. The van der Waals surface area contributed by atoms with Crippen LogP contribution >= 0.6 is 7.82 Å². The molecule has 0 bridgehead atoms. The summed E-state index contributed by atoms with van der Waals surface area (Å²) in [6.45, 7) is 5.39. The zero-order chi connectivity index (χ0) is 43.4. The van der Waals surface area contributed by atoms with Crippen LogP contribution in [0.2, 0.25) is 0 Å². The Morgan fingerprint density at radius 2 is 0.932 bits per heavy atom. The third-order valence-corrected chi connectivity index (χ3v) is 11.6. The van der Waals surface area contributed by atoms with Gasteiger partial charge in [-0.2, -0.15) is 0 Å². The highest BCUT2D eigenvalue weighted by molar-refractivity contribution is 7.45. The fourth-order valence-corrected chi connectivity index (χ4v) is 7.54. The molecule has 2 atom stereocenters. The Morgan fingerprint density at radius 3 is 1.42 bits per heavy atom. The lowest BCUT2D eigenvalue weighted by Gasteiger charge is -2.28. The Labute approximate surface area is 365 Å². The average Bonchev–Trinajstić information content (AvgIpc) is 3.19. The van der Waals surface area contributed by atoms with E-state index in [9.17, 15) is 14.3 Å². The molecule has 0 radical (unpaired) electrons. The molecule has 59 heavy (non-hydrogen) atoms. The number of phosphoric ester groups is 1. The topological polar surface area (TPSA) is 94.1 Å². The smallest absolute Gasteiger partial charge is 0.306 e. The number of likely N-dealkylation sites (N-methyl/N-ethyl adjacent to an activating group) is 1. The SMILES string of the molecule is CCCCC/C=C\C/C=C\CCCCCCCC(=O)OC(COCCCCCCCCCCCC/C=C\CCCCCCCCCC)COP(=O)([O-])OCC[N+](C)(C)C. The molecule has 0 rings (SSSR count). The maximum Gasteiger partial charge on any atom is 0.306 e. The highest BCUT2D eigenvalue weighted by atomic mass is 31.2. The van der Waals surface area contributed by atoms with Crippen molar-refractivity contribution in [1.82, 2.24) is 0 Å². The molecular formula is C50H96NO7P. The van der Waals surface area contributed by atoms with Gasteiger partial charge in [-0.1, -0.05) is 179 Å². The van der Waals surface area contributed by atoms with Crippen LogP contribution < -0.4 is 4.89 Å². The van der Waals surface area contributed by atoms with Crippen LogP contribution in [0.25, 0.3) is 0 Å². The van der Waals surface area contributed by atoms with Crippen LogP contribution in [-0.2, 0) is 27.9 Å². The molecule has 9 heteroatoms. The quantitative estimate of drug-likeness (QED) is 0.0198. The second kappa shape index (κ2) is 43.4. The lowest BCUT2D eigenvalue weighted by Crippen LogP contribution is -2.37. The van der Waals surface area contributed by atoms with Gasteiger partial charge in [0.05, 0.1) is 34.4 Å². The van der Waals surface area contributed by atoms with E-state index >= 15 is 0 Å². The molecule has 0 aliphatic carbocycles. The molecule has 0 fully saturated rings. The summed E-state index contributed by atoms with van der Waals surface area (Å²) in [6, 6.07) is 0. The first kappa shape index (κ1) is 57.7. The number of hydrogen-bond acceptors (Lipinski definition) is 7. The monoisotopic (exact) mass is 854 g/mol. The summed E-state index contributed by atoms with van der Waals surface area (Å²) in [5.41, 5.74) is 0. The molecule has 0 heterocycles. The first-order chi connectivity index (χ1) is 28.6. The van der Waals surface area contributed by atoms with Crippen LogP contribution in [-0.4, -0.2) is 70.7 Å². The summed E-state index contributed by atoms with van der Waals surface area (Å²) < 4.78 is 34.7. The summed E-state index contributed by atoms with van der Waals surface area (Å²) in [6.07, 6.45) is 51.6. The first-order valence-corrected chi connectivity index (χ1v) is 26.2. The maximum atomic E-state index is 12.7. The summed E-state index contributed by atoms with van der Waals surface area (Å²) >= 11 is 0. The first-order valence-electron chi connectivity index (χ1n) is 24.7. The van der Waals surface area contributed by atoms with E-state index in [1.807, 2.05) is 21.1 Å². The predicted octanol–water partition coefficient (Wildman–Crippen LogP) is 14.3. The number of carbonyl (C=O) groups is 1. The van der Waals surface area contributed by atoms with Crippen molar-refractivity contribution in [3.05, 3.63) is 36.5 Å². The van der Waals surface area contributed by atoms with Gasteiger partial charge in [-0.25, -0.2) is 0 Å². The number of unbranched alkanes of at least 4 members (excludes halogenated alkanes) is 26. The predicted molar refractivity (Wildman–Crippen MR) is 250 cm³/mol. The Morgan fingerprint density at radius 1 is 0.525 bits per heavy atom. The number of rotatable bonds is 46. The molecule has 8 nitrogen and oxygen atoms in total. The zero-order valence-corrected chi connectivity index (χ0v) is 40.4. The van der Waals surface area contributed by atoms with Crippen molar-refractivity contribution in [2.24, 2.45) is 0 Å². The highest BCUT2D eigenvalue weighted by Gasteiger charge is 2.20. The van der Waals surface area contributed by atoms with E-state index < -0.39 is 13.9 Å². The summed E-state index contributed by atoms with van der Waals surface area (Å²) in [5.74, 6) is -0.347. The molecule has 0 aliphatic rings. The third-order valence-electron chi connectivity index (χ3n) is 10.7. The molecule has 0 saturated carbocycles. The second-order valence-electron chi connectivity index (χ2n) is 17.8. The minimum Gasteiger partial charge on any atom is -0.756 e. The Hall–Kier alpha value is -1.28. The molecule has 0 aromatic carbocycles. The number of quaternary nitrogens is 1. The van der Waals surface area contributed by atoms with E-state index in [1.54, 1.807) is 0 Å². The minimum atomic E-state index is -4.53. The molecule has 0 aromatic rings. The molecule has 348 valence electrons. The van der Waals surface area contributed by atoms with Crippen molar-refractivity contribution in [3.63, 3.8) is 0 Å². The van der Waals surface area contributed by atoms with Crippen LogP contribution in [0.5, 0.6) is 0 Å². The van der Waals surface area contributed by atoms with Crippen LogP contribution in [0.4, 0.5) is 0 Å². The average molecular weight is 854 g/mol. The molecule has 0 N–H and O–H groups in total. The number of nitrogens with zero attached hydrogens (tertiary/aromatic N) is 1. The second-order valence-corrected chi connectivity index (χ2v) is 19.2. The highest BCUT2D eigenvalue weighted by Crippen LogP contribution is 2.38. The maximum absolute atomic E-state index is 12.7. The van der Waals surface area contributed by atoms with E-state index in [0.29, 0.717) is 24.1 Å². The number of hydrogen-bond donors (Lipinski definition) is 0. The third kappa shape index (κ3) is 47.6. The molecule has 0 aliphatic heterocycles. The van der Waals surface area contributed by atoms with E-state index in [0.717, 1.165) is 57.8 Å². The van der Waals surface area contributed by atoms with Gasteiger partial charge in [0.1, 0.15) is 19.3 Å². The molecule has 0 saturated heterocycles. The summed E-state index contributed by atoms with van der Waals surface area (Å²) in [5, 5.41) is 0. The number of esters is 1. The van der Waals surface area contributed by atoms with Crippen molar-refractivity contribution in [3.8, 4) is 0 Å². The zero-order valence-electron chi connectivity index (χ0n) is 39.5. The molecular weight excluding hydrogens is 758 g/mol. The Bertz CT molecular complexity index is 1040. The Balaban J connectivity index is 4.14. The summed E-state index contributed by atoms with van der Waals surface area (Å²) in [7, 11) is 1.35. The van der Waals surface area contributed by atoms with Crippen LogP contribution in [0, 0.1) is 0 Å². The number of ether oxygens (including phenoxy) is 2. The van der Waals surface area contributed by atoms with Gasteiger partial charge in [-0.3, -0.25) is 9.36 Å². The largest absolute Gasteiger partial charge is 0.756 e. The van der Waals surface area contributed by atoms with Crippen molar-refractivity contribution >= 4 is 13.8 Å². The molecule has 2 unspecified atom stereocenters. The van der Waals surface area contributed by atoms with Gasteiger partial charge < -0.3 is 27.9 Å². The number of phosphoric acid groups is 1. The molecule has 0 spiro atoms.